The predicted molar refractivity (Wildman–Crippen MR) is 55.0 cm³/mol. The standard InChI is InChI=1S/C8H9N5O2/c1-6-7(13(14)15)2-3-8(12-6)11-5-10-4-9/h2-5H,1H3,(H2,9,10,11,12)/p+1. The van der Waals surface area contributed by atoms with Gasteiger partial charge in [-0.1, -0.05) is 4.99 Å². The monoisotopic (exact) mass is 208 g/mol. The molecule has 0 amide bonds. The van der Waals surface area contributed by atoms with Crippen LogP contribution in [0.2, 0.25) is 0 Å². The molecule has 0 aromatic carbocycles. The number of nitrogens with one attached hydrogen (secondary N) is 1. The summed E-state index contributed by atoms with van der Waals surface area (Å²) in [6.45, 7) is 1.56. The van der Waals surface area contributed by atoms with Crippen molar-refractivity contribution >= 4 is 24.2 Å². The maximum absolute atomic E-state index is 10.5. The fourth-order valence-corrected chi connectivity index (χ4v) is 0.952. The van der Waals surface area contributed by atoms with Crippen molar-refractivity contribution in [1.82, 2.24) is 4.98 Å². The molecule has 0 unspecified atom stereocenters. The average molecular weight is 208 g/mol. The molecule has 0 fully saturated rings. The highest BCUT2D eigenvalue weighted by molar-refractivity contribution is 5.56. The molecule has 0 spiro atoms. The molecule has 0 aliphatic rings. The second-order valence-corrected chi connectivity index (χ2v) is 2.62. The molecule has 7 heteroatoms. The van der Waals surface area contributed by atoms with E-state index in [1.807, 2.05) is 0 Å². The quantitative estimate of drug-likeness (QED) is 0.288. The topological polar surface area (TPSA) is 108 Å². The Morgan fingerprint density at radius 2 is 2.40 bits per heavy atom. The van der Waals surface area contributed by atoms with Gasteiger partial charge in [0.25, 0.3) is 5.69 Å². The number of nitrogens with zero attached hydrogens (tertiary/aromatic N) is 3. The highest BCUT2D eigenvalue weighted by Crippen LogP contribution is 2.18. The maximum Gasteiger partial charge on any atom is 0.290 e. The molecular weight excluding hydrogens is 198 g/mol. The van der Waals surface area contributed by atoms with Crippen LogP contribution >= 0.6 is 0 Å². The van der Waals surface area contributed by atoms with Crippen LogP contribution in [0.4, 0.5) is 11.5 Å². The van der Waals surface area contributed by atoms with Crippen LogP contribution in [0.25, 0.3) is 0 Å². The number of hydrogen-bond donors (Lipinski definition) is 2. The van der Waals surface area contributed by atoms with Gasteiger partial charge >= 0.3 is 0 Å². The molecule has 0 saturated heterocycles. The number of nitro groups is 1. The number of aryl methyl sites for hydroxylation is 1. The summed E-state index contributed by atoms with van der Waals surface area (Å²) >= 11 is 0. The first-order chi connectivity index (χ1) is 7.15. The van der Waals surface area contributed by atoms with Gasteiger partial charge in [-0.05, 0) is 6.92 Å². The van der Waals surface area contributed by atoms with Crippen molar-refractivity contribution in [3.05, 3.63) is 27.9 Å². The summed E-state index contributed by atoms with van der Waals surface area (Å²) < 4.78 is 0. The Bertz CT molecular complexity index is 427. The largest absolute Gasteiger partial charge is 0.325 e. The fourth-order valence-electron chi connectivity index (χ4n) is 0.952. The minimum Gasteiger partial charge on any atom is -0.325 e. The third-order valence-corrected chi connectivity index (χ3v) is 1.61. The van der Waals surface area contributed by atoms with E-state index < -0.39 is 4.92 Å². The van der Waals surface area contributed by atoms with Crippen LogP contribution in [0.1, 0.15) is 5.69 Å². The molecule has 0 atom stereocenters. The molecule has 1 heterocycles. The summed E-state index contributed by atoms with van der Waals surface area (Å²) in [5.74, 6) is 0.382. The van der Waals surface area contributed by atoms with Gasteiger partial charge in [0.05, 0.1) is 4.92 Å². The Labute approximate surface area is 85.5 Å². The van der Waals surface area contributed by atoms with E-state index in [4.69, 9.17) is 5.73 Å². The number of hydrogen-bond acceptors (Lipinski definition) is 4. The molecule has 1 aromatic heterocycles. The van der Waals surface area contributed by atoms with Crippen LogP contribution < -0.4 is 10.7 Å². The molecule has 78 valence electrons. The summed E-state index contributed by atoms with van der Waals surface area (Å²) in [5, 5.41) is 10.5. The minimum absolute atomic E-state index is 0.0210. The van der Waals surface area contributed by atoms with Crippen LogP contribution in [0.15, 0.2) is 17.1 Å². The molecular formula is C8H10N5O2+. The predicted octanol–water partition coefficient (Wildman–Crippen LogP) is -0.974. The first kappa shape index (κ1) is 10.8. The van der Waals surface area contributed by atoms with E-state index in [0.29, 0.717) is 11.5 Å². The second kappa shape index (κ2) is 4.80. The Kier molecular flexibility index (Phi) is 3.44. The minimum atomic E-state index is -0.484. The van der Waals surface area contributed by atoms with E-state index >= 15 is 0 Å². The molecule has 0 aliphatic carbocycles. The summed E-state index contributed by atoms with van der Waals surface area (Å²) in [6.07, 6.45) is 2.55. The lowest BCUT2D eigenvalue weighted by Crippen LogP contribution is -2.68. The van der Waals surface area contributed by atoms with Crippen LogP contribution in [0.3, 0.4) is 0 Å². The van der Waals surface area contributed by atoms with Crippen molar-refractivity contribution < 1.29 is 9.92 Å². The lowest BCUT2D eigenvalue weighted by atomic mass is 10.3. The third kappa shape index (κ3) is 2.83. The van der Waals surface area contributed by atoms with E-state index in [-0.39, 0.29) is 5.69 Å². The summed E-state index contributed by atoms with van der Waals surface area (Å²) in [4.78, 5) is 20.4. The number of pyridine rings is 1. The zero-order valence-corrected chi connectivity index (χ0v) is 8.04. The van der Waals surface area contributed by atoms with Crippen molar-refractivity contribution in [2.24, 2.45) is 10.7 Å². The second-order valence-electron chi connectivity index (χ2n) is 2.62. The van der Waals surface area contributed by atoms with Crippen LogP contribution in [-0.2, 0) is 0 Å². The van der Waals surface area contributed by atoms with E-state index in [2.05, 4.69) is 15.0 Å². The number of aromatic nitrogens is 1. The number of nitrogens with two attached hydrogens (primary N) is 1. The Hall–Kier alpha value is -2.31. The Morgan fingerprint density at radius 1 is 1.67 bits per heavy atom. The van der Waals surface area contributed by atoms with E-state index in [9.17, 15) is 10.1 Å². The zero-order valence-electron chi connectivity index (χ0n) is 8.04. The van der Waals surface area contributed by atoms with E-state index in [1.54, 1.807) is 6.92 Å². The SMILES string of the molecule is Cc1nc(N=C[NH+]=CN)ccc1[N+](=O)[O-]. The number of aliphatic imine (C=N–C) groups is 1. The molecule has 1 rings (SSSR count). The van der Waals surface area contributed by atoms with Crippen molar-refractivity contribution in [2.75, 3.05) is 0 Å². The van der Waals surface area contributed by atoms with Gasteiger partial charge in [-0.25, -0.2) is 4.98 Å². The van der Waals surface area contributed by atoms with Crippen LogP contribution in [0, 0.1) is 17.0 Å². The van der Waals surface area contributed by atoms with Crippen molar-refractivity contribution in [2.45, 2.75) is 6.92 Å². The lowest BCUT2D eigenvalue weighted by molar-refractivity contribution is -0.385. The van der Waals surface area contributed by atoms with Gasteiger partial charge in [-0.3, -0.25) is 15.1 Å². The van der Waals surface area contributed by atoms with Gasteiger partial charge in [0, 0.05) is 12.1 Å². The molecule has 15 heavy (non-hydrogen) atoms. The van der Waals surface area contributed by atoms with Crippen molar-refractivity contribution in [1.29, 1.82) is 0 Å². The normalized spacial score (nSPS) is 11.3. The van der Waals surface area contributed by atoms with Gasteiger partial charge in [-0.2, -0.15) is 0 Å². The van der Waals surface area contributed by atoms with Crippen LogP contribution in [0.5, 0.6) is 0 Å². The molecule has 0 bridgehead atoms. The molecule has 7 nitrogen and oxygen atoms in total. The Balaban J connectivity index is 2.96. The smallest absolute Gasteiger partial charge is 0.290 e. The van der Waals surface area contributed by atoms with Gasteiger partial charge in [-0.15, -0.1) is 0 Å². The van der Waals surface area contributed by atoms with Gasteiger partial charge in [0.1, 0.15) is 5.69 Å². The molecule has 0 saturated carbocycles. The molecule has 0 aliphatic heterocycles. The van der Waals surface area contributed by atoms with Gasteiger partial charge in [0.2, 0.25) is 12.2 Å². The first-order valence-electron chi connectivity index (χ1n) is 4.09. The molecule has 1 aromatic rings. The summed E-state index contributed by atoms with van der Waals surface area (Å²) in [6, 6.07) is 2.82. The molecule has 3 N–H and O–H groups in total. The average Bonchev–Trinajstić information content (AvgIpc) is 2.17. The van der Waals surface area contributed by atoms with Gasteiger partial charge in [0.15, 0.2) is 6.34 Å². The lowest BCUT2D eigenvalue weighted by Gasteiger charge is -1.94. The van der Waals surface area contributed by atoms with E-state index in [0.717, 1.165) is 0 Å². The fraction of sp³-hybridized carbons (Fsp3) is 0.125. The summed E-state index contributed by atoms with van der Waals surface area (Å²) in [5.41, 5.74) is 5.35. The van der Waals surface area contributed by atoms with E-state index in [1.165, 1.54) is 24.8 Å². The van der Waals surface area contributed by atoms with Crippen molar-refractivity contribution in [3.8, 4) is 0 Å². The highest BCUT2D eigenvalue weighted by Gasteiger charge is 2.11. The summed E-state index contributed by atoms with van der Waals surface area (Å²) in [7, 11) is 0. The third-order valence-electron chi connectivity index (χ3n) is 1.61. The first-order valence-corrected chi connectivity index (χ1v) is 4.09. The van der Waals surface area contributed by atoms with Crippen LogP contribution in [-0.4, -0.2) is 22.6 Å². The highest BCUT2D eigenvalue weighted by atomic mass is 16.6. The number of rotatable bonds is 3. The Morgan fingerprint density at radius 3 is 2.93 bits per heavy atom. The van der Waals surface area contributed by atoms with Gasteiger partial charge < -0.3 is 5.73 Å². The molecule has 0 radical (unpaired) electrons. The van der Waals surface area contributed by atoms with Crippen molar-refractivity contribution in [3.63, 3.8) is 0 Å². The maximum atomic E-state index is 10.5. The zero-order chi connectivity index (χ0) is 11.3.